The van der Waals surface area contributed by atoms with Crippen molar-refractivity contribution in [3.63, 3.8) is 0 Å². The van der Waals surface area contributed by atoms with Crippen molar-refractivity contribution in [3.05, 3.63) is 28.2 Å². The van der Waals surface area contributed by atoms with Gasteiger partial charge in [-0.1, -0.05) is 6.92 Å². The Morgan fingerprint density at radius 2 is 2.28 bits per heavy atom. The molecule has 1 aromatic carbocycles. The summed E-state index contributed by atoms with van der Waals surface area (Å²) in [5, 5.41) is 8.84. The summed E-state index contributed by atoms with van der Waals surface area (Å²) in [4.78, 5) is 13.3. The molecule has 0 bridgehead atoms. The zero-order chi connectivity index (χ0) is 13.7. The van der Waals surface area contributed by atoms with Gasteiger partial charge in [0.15, 0.2) is 0 Å². The number of carbonyl (C=O) groups is 1. The van der Waals surface area contributed by atoms with Gasteiger partial charge in [0.2, 0.25) is 0 Å². The molecule has 5 heteroatoms. The van der Waals surface area contributed by atoms with E-state index in [9.17, 15) is 4.79 Å². The summed E-state index contributed by atoms with van der Waals surface area (Å²) in [5.74, 6) is -0.427. The molecule has 0 fully saturated rings. The molecule has 1 atom stereocenters. The van der Waals surface area contributed by atoms with Crippen molar-refractivity contribution in [1.82, 2.24) is 0 Å². The molecule has 1 unspecified atom stereocenters. The number of nitrogens with zero attached hydrogens (tertiary/aromatic N) is 2. The Morgan fingerprint density at radius 1 is 1.61 bits per heavy atom. The van der Waals surface area contributed by atoms with Gasteiger partial charge in [0, 0.05) is 23.8 Å². The van der Waals surface area contributed by atoms with Crippen molar-refractivity contribution in [1.29, 1.82) is 5.26 Å². The van der Waals surface area contributed by atoms with Crippen molar-refractivity contribution < 1.29 is 9.53 Å². The standard InChI is InChI=1S/C13H15BrN2O2/c1-9(13(17)18-3)8-16(2)11-5-4-10(7-15)12(14)6-11/h4-6,9H,8H2,1-3H3. The van der Waals surface area contributed by atoms with Crippen LogP contribution in [0.15, 0.2) is 22.7 Å². The van der Waals surface area contributed by atoms with Crippen LogP contribution in [0, 0.1) is 17.2 Å². The molecule has 18 heavy (non-hydrogen) atoms. The van der Waals surface area contributed by atoms with Gasteiger partial charge in [0.05, 0.1) is 18.6 Å². The molecule has 0 radical (unpaired) electrons. The van der Waals surface area contributed by atoms with Crippen molar-refractivity contribution in [3.8, 4) is 6.07 Å². The first-order chi connectivity index (χ1) is 8.49. The second-order valence-corrected chi connectivity index (χ2v) is 4.94. The van der Waals surface area contributed by atoms with E-state index in [1.807, 2.05) is 31.0 Å². The molecule has 1 aromatic rings. The van der Waals surface area contributed by atoms with Crippen LogP contribution in [0.5, 0.6) is 0 Å². The number of carbonyl (C=O) groups excluding carboxylic acids is 1. The number of halogens is 1. The van der Waals surface area contributed by atoms with Crippen LogP contribution in [0.3, 0.4) is 0 Å². The summed E-state index contributed by atoms with van der Waals surface area (Å²) < 4.78 is 5.44. The number of anilines is 1. The summed E-state index contributed by atoms with van der Waals surface area (Å²) in [5.41, 5.74) is 1.53. The fraction of sp³-hybridized carbons (Fsp3) is 0.385. The fourth-order valence-corrected chi connectivity index (χ4v) is 2.08. The van der Waals surface area contributed by atoms with Crippen LogP contribution in [0.2, 0.25) is 0 Å². The molecule has 0 heterocycles. The van der Waals surface area contributed by atoms with Gasteiger partial charge in [-0.05, 0) is 34.1 Å². The minimum absolute atomic E-state index is 0.200. The number of nitriles is 1. The normalized spacial score (nSPS) is 11.5. The summed E-state index contributed by atoms with van der Waals surface area (Å²) in [6.45, 7) is 2.38. The summed E-state index contributed by atoms with van der Waals surface area (Å²) in [6, 6.07) is 7.56. The van der Waals surface area contributed by atoms with Crippen molar-refractivity contribution >= 4 is 27.6 Å². The second kappa shape index (κ2) is 6.41. The van der Waals surface area contributed by atoms with E-state index in [1.54, 1.807) is 6.07 Å². The molecule has 0 spiro atoms. The van der Waals surface area contributed by atoms with E-state index in [4.69, 9.17) is 10.00 Å². The Bertz CT molecular complexity index is 482. The largest absolute Gasteiger partial charge is 0.469 e. The number of rotatable bonds is 4. The molecular formula is C13H15BrN2O2. The lowest BCUT2D eigenvalue weighted by molar-refractivity contribution is -0.144. The quantitative estimate of drug-likeness (QED) is 0.802. The number of hydrogen-bond acceptors (Lipinski definition) is 4. The molecular weight excluding hydrogens is 296 g/mol. The highest BCUT2D eigenvalue weighted by molar-refractivity contribution is 9.10. The van der Waals surface area contributed by atoms with Gasteiger partial charge in [0.25, 0.3) is 0 Å². The molecule has 0 aliphatic heterocycles. The maximum atomic E-state index is 11.3. The minimum atomic E-state index is -0.227. The Balaban J connectivity index is 2.79. The monoisotopic (exact) mass is 310 g/mol. The van der Waals surface area contributed by atoms with Crippen LogP contribution in [0.4, 0.5) is 5.69 Å². The van der Waals surface area contributed by atoms with Gasteiger partial charge in [-0.15, -0.1) is 0 Å². The third kappa shape index (κ3) is 3.47. The summed E-state index contributed by atoms with van der Waals surface area (Å²) in [6.07, 6.45) is 0. The zero-order valence-electron chi connectivity index (χ0n) is 10.6. The van der Waals surface area contributed by atoms with Crippen LogP contribution < -0.4 is 4.90 Å². The van der Waals surface area contributed by atoms with Crippen LogP contribution in [0.25, 0.3) is 0 Å². The third-order valence-corrected chi connectivity index (χ3v) is 3.32. The summed E-state index contributed by atoms with van der Waals surface area (Å²) >= 11 is 3.34. The molecule has 1 rings (SSSR count). The molecule has 0 saturated heterocycles. The maximum Gasteiger partial charge on any atom is 0.310 e. The summed E-state index contributed by atoms with van der Waals surface area (Å²) in [7, 11) is 3.28. The lowest BCUT2D eigenvalue weighted by Crippen LogP contribution is -2.29. The number of methoxy groups -OCH3 is 1. The van der Waals surface area contributed by atoms with E-state index in [0.717, 1.165) is 10.2 Å². The van der Waals surface area contributed by atoms with Crippen molar-refractivity contribution in [2.45, 2.75) is 6.92 Å². The Morgan fingerprint density at radius 3 is 2.78 bits per heavy atom. The van der Waals surface area contributed by atoms with Crippen molar-refractivity contribution in [2.75, 3.05) is 25.6 Å². The van der Waals surface area contributed by atoms with E-state index >= 15 is 0 Å². The van der Waals surface area contributed by atoms with Crippen LogP contribution >= 0.6 is 15.9 Å². The zero-order valence-corrected chi connectivity index (χ0v) is 12.2. The minimum Gasteiger partial charge on any atom is -0.469 e. The van der Waals surface area contributed by atoms with Gasteiger partial charge in [-0.3, -0.25) is 4.79 Å². The van der Waals surface area contributed by atoms with Crippen LogP contribution in [-0.4, -0.2) is 26.7 Å². The van der Waals surface area contributed by atoms with Gasteiger partial charge in [-0.2, -0.15) is 5.26 Å². The first-order valence-corrected chi connectivity index (χ1v) is 6.27. The molecule has 96 valence electrons. The van der Waals surface area contributed by atoms with E-state index in [-0.39, 0.29) is 11.9 Å². The first-order valence-electron chi connectivity index (χ1n) is 5.48. The van der Waals surface area contributed by atoms with E-state index in [1.165, 1.54) is 7.11 Å². The number of ether oxygens (including phenoxy) is 1. The molecule has 0 N–H and O–H groups in total. The average molecular weight is 311 g/mol. The lowest BCUT2D eigenvalue weighted by atomic mass is 10.1. The number of esters is 1. The molecule has 0 aromatic heterocycles. The Labute approximate surface area is 115 Å². The maximum absolute atomic E-state index is 11.3. The molecule has 0 aliphatic carbocycles. The average Bonchev–Trinajstić information content (AvgIpc) is 2.37. The van der Waals surface area contributed by atoms with E-state index in [0.29, 0.717) is 12.1 Å². The first kappa shape index (κ1) is 14.5. The number of benzene rings is 1. The third-order valence-electron chi connectivity index (χ3n) is 2.67. The van der Waals surface area contributed by atoms with Gasteiger partial charge >= 0.3 is 5.97 Å². The van der Waals surface area contributed by atoms with Crippen LogP contribution in [0.1, 0.15) is 12.5 Å². The second-order valence-electron chi connectivity index (χ2n) is 4.08. The topological polar surface area (TPSA) is 53.3 Å². The lowest BCUT2D eigenvalue weighted by Gasteiger charge is -2.22. The smallest absolute Gasteiger partial charge is 0.310 e. The van der Waals surface area contributed by atoms with Gasteiger partial charge in [0.1, 0.15) is 6.07 Å². The predicted octanol–water partition coefficient (Wildman–Crippen LogP) is 2.57. The van der Waals surface area contributed by atoms with Gasteiger partial charge in [-0.25, -0.2) is 0 Å². The molecule has 0 aliphatic rings. The molecule has 4 nitrogen and oxygen atoms in total. The molecule has 0 saturated carbocycles. The molecule has 0 amide bonds. The van der Waals surface area contributed by atoms with Crippen molar-refractivity contribution in [2.24, 2.45) is 5.92 Å². The highest BCUT2D eigenvalue weighted by Gasteiger charge is 2.16. The van der Waals surface area contributed by atoms with Crippen LogP contribution in [-0.2, 0) is 9.53 Å². The fourth-order valence-electron chi connectivity index (χ4n) is 1.62. The van der Waals surface area contributed by atoms with Gasteiger partial charge < -0.3 is 9.64 Å². The Hall–Kier alpha value is -1.54. The van der Waals surface area contributed by atoms with E-state index < -0.39 is 0 Å². The number of hydrogen-bond donors (Lipinski definition) is 0. The SMILES string of the molecule is COC(=O)C(C)CN(C)c1ccc(C#N)c(Br)c1. The Kier molecular flexibility index (Phi) is 5.17. The predicted molar refractivity (Wildman–Crippen MR) is 73.3 cm³/mol. The highest BCUT2D eigenvalue weighted by Crippen LogP contribution is 2.23. The van der Waals surface area contributed by atoms with E-state index in [2.05, 4.69) is 22.0 Å². The highest BCUT2D eigenvalue weighted by atomic mass is 79.9.